The topological polar surface area (TPSA) is 45.7 Å². The minimum Gasteiger partial charge on any atom is -0.444 e. The van der Waals surface area contributed by atoms with Crippen molar-refractivity contribution in [1.29, 1.82) is 0 Å². The summed E-state index contributed by atoms with van der Waals surface area (Å²) in [6.07, 6.45) is 6.22. The van der Waals surface area contributed by atoms with Crippen LogP contribution in [0, 0.1) is 6.92 Å². The summed E-state index contributed by atoms with van der Waals surface area (Å²) in [5, 5.41) is 0. The molecule has 1 atom stereocenters. The van der Waals surface area contributed by atoms with Crippen molar-refractivity contribution in [1.82, 2.24) is 9.88 Å². The van der Waals surface area contributed by atoms with Gasteiger partial charge in [0.05, 0.1) is 6.04 Å². The summed E-state index contributed by atoms with van der Waals surface area (Å²) in [4.78, 5) is 21.4. The number of carbonyl (C=O) groups excluding carboxylic acids is 1. The first-order chi connectivity index (χ1) is 11.3. The highest BCUT2D eigenvalue weighted by molar-refractivity contribution is 5.69. The average Bonchev–Trinajstić information content (AvgIpc) is 3.17. The van der Waals surface area contributed by atoms with Crippen LogP contribution in [0.15, 0.2) is 12.3 Å². The van der Waals surface area contributed by atoms with E-state index in [1.165, 1.54) is 18.4 Å². The number of likely N-dealkylation sites (tertiary alicyclic amines) is 1. The molecule has 2 aliphatic heterocycles. The SMILES string of the molecule is Cc1cc(C2CCCN2C(=O)OC(C)(C)C)cnc1N1CCCC1. The Morgan fingerprint density at radius 3 is 2.54 bits per heavy atom. The van der Waals surface area contributed by atoms with Gasteiger partial charge in [0.2, 0.25) is 0 Å². The van der Waals surface area contributed by atoms with Gasteiger partial charge in [-0.15, -0.1) is 0 Å². The highest BCUT2D eigenvalue weighted by Crippen LogP contribution is 2.34. The largest absolute Gasteiger partial charge is 0.444 e. The predicted molar refractivity (Wildman–Crippen MR) is 95.3 cm³/mol. The number of pyridine rings is 1. The quantitative estimate of drug-likeness (QED) is 0.820. The van der Waals surface area contributed by atoms with Crippen molar-refractivity contribution in [3.8, 4) is 0 Å². The molecule has 0 spiro atoms. The van der Waals surface area contributed by atoms with Gasteiger partial charge in [0.15, 0.2) is 0 Å². The molecule has 2 aliphatic rings. The van der Waals surface area contributed by atoms with E-state index >= 15 is 0 Å². The summed E-state index contributed by atoms with van der Waals surface area (Å²) in [6.45, 7) is 10.8. The Balaban J connectivity index is 1.77. The fourth-order valence-electron chi connectivity index (χ4n) is 3.68. The Hall–Kier alpha value is -1.78. The zero-order chi connectivity index (χ0) is 17.3. The maximum absolute atomic E-state index is 12.5. The van der Waals surface area contributed by atoms with Crippen LogP contribution in [0.4, 0.5) is 10.6 Å². The number of hydrogen-bond donors (Lipinski definition) is 0. The molecule has 0 radical (unpaired) electrons. The molecule has 1 amide bonds. The lowest BCUT2D eigenvalue weighted by Gasteiger charge is -2.29. The Kier molecular flexibility index (Phi) is 4.70. The van der Waals surface area contributed by atoms with Crippen molar-refractivity contribution in [3.63, 3.8) is 0 Å². The zero-order valence-corrected chi connectivity index (χ0v) is 15.3. The predicted octanol–water partition coefficient (Wildman–Crippen LogP) is 4.06. The Morgan fingerprint density at radius 2 is 1.92 bits per heavy atom. The fraction of sp³-hybridized carbons (Fsp3) is 0.684. The monoisotopic (exact) mass is 331 g/mol. The smallest absolute Gasteiger partial charge is 0.410 e. The van der Waals surface area contributed by atoms with Gasteiger partial charge >= 0.3 is 6.09 Å². The molecular formula is C19H29N3O2. The van der Waals surface area contributed by atoms with E-state index < -0.39 is 5.60 Å². The summed E-state index contributed by atoms with van der Waals surface area (Å²) in [6, 6.07) is 2.28. The van der Waals surface area contributed by atoms with Crippen molar-refractivity contribution in [2.75, 3.05) is 24.5 Å². The molecule has 3 heterocycles. The maximum Gasteiger partial charge on any atom is 0.410 e. The minimum atomic E-state index is -0.460. The zero-order valence-electron chi connectivity index (χ0n) is 15.3. The highest BCUT2D eigenvalue weighted by Gasteiger charge is 2.33. The van der Waals surface area contributed by atoms with E-state index in [9.17, 15) is 4.79 Å². The van der Waals surface area contributed by atoms with Gasteiger partial charge in [0.25, 0.3) is 0 Å². The standard InChI is InChI=1S/C19H29N3O2/c1-14-12-15(13-20-17(14)21-9-5-6-10-21)16-8-7-11-22(16)18(23)24-19(2,3)4/h12-13,16H,5-11H2,1-4H3. The number of amides is 1. The second-order valence-electron chi connectivity index (χ2n) is 7.94. The summed E-state index contributed by atoms with van der Waals surface area (Å²) >= 11 is 0. The van der Waals surface area contributed by atoms with Crippen LogP contribution in [-0.4, -0.2) is 41.2 Å². The Morgan fingerprint density at radius 1 is 1.21 bits per heavy atom. The molecule has 0 N–H and O–H groups in total. The first-order valence-corrected chi connectivity index (χ1v) is 9.06. The van der Waals surface area contributed by atoms with Crippen molar-refractivity contribution in [2.45, 2.75) is 65.0 Å². The first kappa shape index (κ1) is 17.1. The van der Waals surface area contributed by atoms with Crippen LogP contribution in [0.5, 0.6) is 0 Å². The third-order valence-electron chi connectivity index (χ3n) is 4.74. The molecule has 0 aliphatic carbocycles. The Labute approximate surface area is 145 Å². The Bertz CT molecular complexity index is 603. The minimum absolute atomic E-state index is 0.0821. The van der Waals surface area contributed by atoms with Crippen molar-refractivity contribution < 1.29 is 9.53 Å². The van der Waals surface area contributed by atoms with Gasteiger partial charge in [-0.05, 0) is 70.6 Å². The number of aromatic nitrogens is 1. The summed E-state index contributed by atoms with van der Waals surface area (Å²) in [5.41, 5.74) is 1.86. The molecule has 0 aromatic carbocycles. The van der Waals surface area contributed by atoms with Crippen LogP contribution in [-0.2, 0) is 4.74 Å². The second-order valence-corrected chi connectivity index (χ2v) is 7.94. The number of hydrogen-bond acceptors (Lipinski definition) is 4. The van der Waals surface area contributed by atoms with Crippen LogP contribution < -0.4 is 4.90 Å². The van der Waals surface area contributed by atoms with E-state index in [1.54, 1.807) is 0 Å². The van der Waals surface area contributed by atoms with E-state index in [1.807, 2.05) is 31.9 Å². The van der Waals surface area contributed by atoms with Gasteiger partial charge in [-0.2, -0.15) is 0 Å². The molecule has 5 heteroatoms. The molecule has 2 saturated heterocycles. The van der Waals surface area contributed by atoms with Crippen LogP contribution >= 0.6 is 0 Å². The number of carbonyl (C=O) groups is 1. The molecular weight excluding hydrogens is 302 g/mol. The van der Waals surface area contributed by atoms with Gasteiger partial charge < -0.3 is 14.5 Å². The lowest BCUT2D eigenvalue weighted by molar-refractivity contribution is 0.0224. The molecule has 1 aromatic rings. The van der Waals surface area contributed by atoms with Crippen molar-refractivity contribution in [2.24, 2.45) is 0 Å². The fourth-order valence-corrected chi connectivity index (χ4v) is 3.68. The van der Waals surface area contributed by atoms with Crippen LogP contribution in [0.1, 0.15) is 63.6 Å². The molecule has 3 rings (SSSR count). The van der Waals surface area contributed by atoms with Crippen LogP contribution in [0.25, 0.3) is 0 Å². The maximum atomic E-state index is 12.5. The molecule has 24 heavy (non-hydrogen) atoms. The van der Waals surface area contributed by atoms with E-state index in [-0.39, 0.29) is 12.1 Å². The molecule has 5 nitrogen and oxygen atoms in total. The van der Waals surface area contributed by atoms with Crippen molar-refractivity contribution in [3.05, 3.63) is 23.4 Å². The van der Waals surface area contributed by atoms with Crippen LogP contribution in [0.2, 0.25) is 0 Å². The second kappa shape index (κ2) is 6.61. The van der Waals surface area contributed by atoms with E-state index in [0.29, 0.717) is 0 Å². The van der Waals surface area contributed by atoms with Gasteiger partial charge in [-0.1, -0.05) is 0 Å². The van der Waals surface area contributed by atoms with Crippen LogP contribution in [0.3, 0.4) is 0 Å². The third-order valence-corrected chi connectivity index (χ3v) is 4.74. The number of ether oxygens (including phenoxy) is 1. The van der Waals surface area contributed by atoms with Gasteiger partial charge in [-0.25, -0.2) is 9.78 Å². The summed E-state index contributed by atoms with van der Waals surface area (Å²) < 4.78 is 5.57. The van der Waals surface area contributed by atoms with E-state index in [2.05, 4.69) is 17.9 Å². The average molecular weight is 331 g/mol. The first-order valence-electron chi connectivity index (χ1n) is 9.06. The normalized spacial score (nSPS) is 21.4. The molecule has 132 valence electrons. The number of anilines is 1. The highest BCUT2D eigenvalue weighted by atomic mass is 16.6. The van der Waals surface area contributed by atoms with Gasteiger partial charge in [0.1, 0.15) is 11.4 Å². The molecule has 1 unspecified atom stereocenters. The van der Waals surface area contributed by atoms with E-state index in [4.69, 9.17) is 9.72 Å². The summed E-state index contributed by atoms with van der Waals surface area (Å²) in [5.74, 6) is 1.10. The number of aryl methyl sites for hydroxylation is 1. The lowest BCUT2D eigenvalue weighted by Crippen LogP contribution is -2.36. The van der Waals surface area contributed by atoms with Gasteiger partial charge in [-0.3, -0.25) is 0 Å². The third kappa shape index (κ3) is 3.65. The van der Waals surface area contributed by atoms with Crippen molar-refractivity contribution >= 4 is 11.9 Å². The summed E-state index contributed by atoms with van der Waals surface area (Å²) in [7, 11) is 0. The molecule has 0 saturated carbocycles. The lowest BCUT2D eigenvalue weighted by atomic mass is 10.0. The molecule has 0 bridgehead atoms. The molecule has 1 aromatic heterocycles. The van der Waals surface area contributed by atoms with E-state index in [0.717, 1.165) is 43.9 Å². The molecule has 2 fully saturated rings. The number of rotatable bonds is 2. The van der Waals surface area contributed by atoms with Gasteiger partial charge in [0, 0.05) is 25.8 Å². The number of nitrogens with zero attached hydrogens (tertiary/aromatic N) is 3.